The summed E-state index contributed by atoms with van der Waals surface area (Å²) in [6.45, 7) is 3.03. The molecule has 78 valence electrons. The Morgan fingerprint density at radius 2 is 2.40 bits per heavy atom. The van der Waals surface area contributed by atoms with Gasteiger partial charge in [0, 0.05) is 11.8 Å². The van der Waals surface area contributed by atoms with Crippen molar-refractivity contribution in [1.29, 1.82) is 0 Å². The molecule has 1 unspecified atom stereocenters. The second-order valence-electron chi connectivity index (χ2n) is 3.97. The van der Waals surface area contributed by atoms with Gasteiger partial charge in [-0.3, -0.25) is 4.40 Å². The lowest BCUT2D eigenvalue weighted by molar-refractivity contribution is 0.596. The van der Waals surface area contributed by atoms with Gasteiger partial charge in [-0.05, 0) is 26.3 Å². The Labute approximate surface area is 87.5 Å². The average Bonchev–Trinajstić information content (AvgIpc) is 2.82. The highest BCUT2D eigenvalue weighted by Gasteiger charge is 2.21. The Morgan fingerprint density at radius 3 is 3.20 bits per heavy atom. The van der Waals surface area contributed by atoms with E-state index >= 15 is 0 Å². The van der Waals surface area contributed by atoms with E-state index in [2.05, 4.69) is 20.5 Å². The fourth-order valence-corrected chi connectivity index (χ4v) is 2.05. The smallest absolute Gasteiger partial charge is 0.163 e. The maximum atomic E-state index is 4.27. The van der Waals surface area contributed by atoms with Gasteiger partial charge in [-0.25, -0.2) is 4.98 Å². The van der Waals surface area contributed by atoms with Crippen LogP contribution in [0.5, 0.6) is 0 Å². The lowest BCUT2D eigenvalue weighted by Gasteiger charge is -2.06. The number of aromatic nitrogens is 4. The average molecular weight is 203 g/mol. The minimum absolute atomic E-state index is 0.338. The first-order valence-electron chi connectivity index (χ1n) is 5.25. The predicted molar refractivity (Wildman–Crippen MR) is 55.5 cm³/mol. The third-order valence-corrected chi connectivity index (χ3v) is 2.84. The number of aryl methyl sites for hydroxylation is 1. The Hall–Kier alpha value is -1.49. The van der Waals surface area contributed by atoms with Crippen LogP contribution in [0.15, 0.2) is 12.4 Å². The normalized spacial score (nSPS) is 21.3. The number of nitrogens with one attached hydrogen (secondary N) is 1. The summed E-state index contributed by atoms with van der Waals surface area (Å²) in [5.41, 5.74) is 1.85. The van der Waals surface area contributed by atoms with Crippen LogP contribution in [0.3, 0.4) is 0 Å². The molecule has 0 aliphatic carbocycles. The largest absolute Gasteiger partial charge is 0.307 e. The van der Waals surface area contributed by atoms with Crippen molar-refractivity contribution in [2.75, 3.05) is 6.54 Å². The van der Waals surface area contributed by atoms with Crippen LogP contribution in [0.25, 0.3) is 5.65 Å². The van der Waals surface area contributed by atoms with Crippen molar-refractivity contribution in [2.45, 2.75) is 25.8 Å². The van der Waals surface area contributed by atoms with Crippen LogP contribution in [0, 0.1) is 6.92 Å². The summed E-state index contributed by atoms with van der Waals surface area (Å²) in [6, 6.07) is 2.29. The molecule has 15 heavy (non-hydrogen) atoms. The molecule has 5 nitrogen and oxygen atoms in total. The third kappa shape index (κ3) is 1.39. The Morgan fingerprint density at radius 1 is 1.47 bits per heavy atom. The molecule has 3 heterocycles. The van der Waals surface area contributed by atoms with Crippen molar-refractivity contribution < 1.29 is 0 Å². The molecule has 1 aliphatic rings. The molecule has 0 bridgehead atoms. The highest BCUT2D eigenvalue weighted by molar-refractivity contribution is 5.38. The van der Waals surface area contributed by atoms with Crippen LogP contribution >= 0.6 is 0 Å². The highest BCUT2D eigenvalue weighted by atomic mass is 15.3. The van der Waals surface area contributed by atoms with E-state index < -0.39 is 0 Å². The second kappa shape index (κ2) is 3.27. The number of hydrogen-bond donors (Lipinski definition) is 1. The van der Waals surface area contributed by atoms with Gasteiger partial charge in [-0.2, -0.15) is 0 Å². The minimum atomic E-state index is 0.338. The molecule has 1 fully saturated rings. The predicted octanol–water partition coefficient (Wildman–Crippen LogP) is 0.857. The van der Waals surface area contributed by atoms with Crippen LogP contribution < -0.4 is 5.32 Å². The first-order chi connectivity index (χ1) is 7.34. The first kappa shape index (κ1) is 8.79. The molecule has 0 radical (unpaired) electrons. The summed E-state index contributed by atoms with van der Waals surface area (Å²) in [5.74, 6) is 0.981. The topological polar surface area (TPSA) is 55.1 Å². The molecule has 0 aromatic carbocycles. The summed E-state index contributed by atoms with van der Waals surface area (Å²) in [6.07, 6.45) is 4.15. The molecule has 0 spiro atoms. The Balaban J connectivity index is 2.11. The van der Waals surface area contributed by atoms with E-state index in [1.54, 1.807) is 6.33 Å². The summed E-state index contributed by atoms with van der Waals surface area (Å²) in [5, 5.41) is 11.8. The van der Waals surface area contributed by atoms with Gasteiger partial charge in [0.25, 0.3) is 0 Å². The van der Waals surface area contributed by atoms with Gasteiger partial charge in [0.15, 0.2) is 11.5 Å². The van der Waals surface area contributed by atoms with Crippen molar-refractivity contribution in [2.24, 2.45) is 0 Å². The van der Waals surface area contributed by atoms with Gasteiger partial charge in [0.2, 0.25) is 0 Å². The number of rotatable bonds is 1. The SMILES string of the molecule is Cc1cc2nnc(C3CCCN3)n2cn1. The van der Waals surface area contributed by atoms with Crippen LogP contribution in [0.4, 0.5) is 0 Å². The van der Waals surface area contributed by atoms with Crippen LogP contribution in [-0.4, -0.2) is 26.1 Å². The molecule has 3 rings (SSSR count). The highest BCUT2D eigenvalue weighted by Crippen LogP contribution is 2.21. The molecule has 5 heteroatoms. The van der Waals surface area contributed by atoms with E-state index in [9.17, 15) is 0 Å². The minimum Gasteiger partial charge on any atom is -0.307 e. The summed E-state index contributed by atoms with van der Waals surface area (Å²) in [7, 11) is 0. The van der Waals surface area contributed by atoms with Crippen LogP contribution in [0.2, 0.25) is 0 Å². The van der Waals surface area contributed by atoms with E-state index in [0.717, 1.165) is 30.1 Å². The van der Waals surface area contributed by atoms with Crippen molar-refractivity contribution in [3.8, 4) is 0 Å². The second-order valence-corrected chi connectivity index (χ2v) is 3.97. The van der Waals surface area contributed by atoms with Gasteiger partial charge in [-0.15, -0.1) is 10.2 Å². The summed E-state index contributed by atoms with van der Waals surface area (Å²) < 4.78 is 1.97. The summed E-state index contributed by atoms with van der Waals surface area (Å²) >= 11 is 0. The fraction of sp³-hybridized carbons (Fsp3) is 0.500. The van der Waals surface area contributed by atoms with Crippen molar-refractivity contribution in [3.05, 3.63) is 23.9 Å². The van der Waals surface area contributed by atoms with E-state index in [-0.39, 0.29) is 0 Å². The lowest BCUT2D eigenvalue weighted by atomic mass is 10.2. The van der Waals surface area contributed by atoms with Crippen LogP contribution in [0.1, 0.15) is 30.4 Å². The third-order valence-electron chi connectivity index (χ3n) is 2.84. The van der Waals surface area contributed by atoms with Gasteiger partial charge in [-0.1, -0.05) is 0 Å². The Bertz CT molecular complexity index is 484. The molecule has 1 saturated heterocycles. The monoisotopic (exact) mass is 203 g/mol. The van der Waals surface area contributed by atoms with Crippen LogP contribution in [-0.2, 0) is 0 Å². The maximum Gasteiger partial charge on any atom is 0.163 e. The zero-order valence-electron chi connectivity index (χ0n) is 8.64. The zero-order valence-corrected chi connectivity index (χ0v) is 8.64. The molecule has 2 aromatic rings. The Kier molecular flexibility index (Phi) is 1.92. The molecule has 1 aliphatic heterocycles. The van der Waals surface area contributed by atoms with Crippen molar-refractivity contribution >= 4 is 5.65 Å². The van der Waals surface area contributed by atoms with Gasteiger partial charge in [0.05, 0.1) is 6.04 Å². The van der Waals surface area contributed by atoms with Gasteiger partial charge >= 0.3 is 0 Å². The zero-order chi connectivity index (χ0) is 10.3. The van der Waals surface area contributed by atoms with Crippen molar-refractivity contribution in [1.82, 2.24) is 24.9 Å². The van der Waals surface area contributed by atoms with Gasteiger partial charge in [0.1, 0.15) is 6.33 Å². The number of nitrogens with zero attached hydrogens (tertiary/aromatic N) is 4. The van der Waals surface area contributed by atoms with Gasteiger partial charge < -0.3 is 5.32 Å². The van der Waals surface area contributed by atoms with E-state index in [4.69, 9.17) is 0 Å². The lowest BCUT2D eigenvalue weighted by Crippen LogP contribution is -2.15. The van der Waals surface area contributed by atoms with E-state index in [1.165, 1.54) is 6.42 Å². The molecular weight excluding hydrogens is 190 g/mol. The molecule has 1 atom stereocenters. The first-order valence-corrected chi connectivity index (χ1v) is 5.25. The number of hydrogen-bond acceptors (Lipinski definition) is 4. The van der Waals surface area contributed by atoms with Crippen molar-refractivity contribution in [3.63, 3.8) is 0 Å². The maximum absolute atomic E-state index is 4.27. The quantitative estimate of drug-likeness (QED) is 0.746. The standard InChI is InChI=1S/C10H13N5/c1-7-5-9-13-14-10(15(9)6-12-7)8-3-2-4-11-8/h5-6,8,11H,2-4H2,1H3. The summed E-state index contributed by atoms with van der Waals surface area (Å²) in [4.78, 5) is 4.27. The molecule has 0 amide bonds. The number of fused-ring (bicyclic) bond motifs is 1. The van der Waals surface area contributed by atoms with E-state index in [0.29, 0.717) is 6.04 Å². The van der Waals surface area contributed by atoms with E-state index in [1.807, 2.05) is 17.4 Å². The molecule has 0 saturated carbocycles. The molecular formula is C10H13N5. The molecule has 2 aromatic heterocycles. The molecule has 1 N–H and O–H groups in total. The fourth-order valence-electron chi connectivity index (χ4n) is 2.05.